The summed E-state index contributed by atoms with van der Waals surface area (Å²) in [6, 6.07) is 8.52. The molecule has 5 heteroatoms. The first-order chi connectivity index (χ1) is 12.0. The zero-order valence-electron chi connectivity index (χ0n) is 15.3. The predicted octanol–water partition coefficient (Wildman–Crippen LogP) is 3.17. The molecule has 1 amide bonds. The maximum Gasteiger partial charge on any atom is 0.274 e. The summed E-state index contributed by atoms with van der Waals surface area (Å²) in [4.78, 5) is 14.9. The fourth-order valence-corrected chi connectivity index (χ4v) is 3.29. The quantitative estimate of drug-likeness (QED) is 0.787. The number of benzene rings is 1. The van der Waals surface area contributed by atoms with Gasteiger partial charge in [-0.15, -0.1) is 0 Å². The molecule has 0 aliphatic heterocycles. The third-order valence-corrected chi connectivity index (χ3v) is 4.61. The fraction of sp³-hybridized carbons (Fsp3) is 0.500. The Kier molecular flexibility index (Phi) is 5.23. The van der Waals surface area contributed by atoms with Crippen LogP contribution in [0.25, 0.3) is 5.69 Å². The van der Waals surface area contributed by atoms with Gasteiger partial charge in [0.15, 0.2) is 5.69 Å². The van der Waals surface area contributed by atoms with E-state index in [4.69, 9.17) is 5.11 Å². The van der Waals surface area contributed by atoms with E-state index in [1.165, 1.54) is 11.1 Å². The Morgan fingerprint density at radius 3 is 2.44 bits per heavy atom. The summed E-state index contributed by atoms with van der Waals surface area (Å²) in [5.41, 5.74) is 4.82. The molecular weight excluding hydrogens is 314 g/mol. The van der Waals surface area contributed by atoms with Crippen molar-refractivity contribution in [3.63, 3.8) is 0 Å². The van der Waals surface area contributed by atoms with E-state index in [1.807, 2.05) is 22.6 Å². The topological polar surface area (TPSA) is 58.4 Å². The minimum Gasteiger partial charge on any atom is -0.396 e. The number of aryl methyl sites for hydroxylation is 3. The van der Waals surface area contributed by atoms with Gasteiger partial charge in [0, 0.05) is 24.9 Å². The van der Waals surface area contributed by atoms with Crippen molar-refractivity contribution >= 4 is 5.91 Å². The number of aliphatic hydroxyl groups excluding tert-OH is 1. The average Bonchev–Trinajstić information content (AvgIpc) is 3.31. The van der Waals surface area contributed by atoms with Crippen LogP contribution in [0.3, 0.4) is 0 Å². The lowest BCUT2D eigenvalue weighted by atomic mass is 10.1. The van der Waals surface area contributed by atoms with Crippen LogP contribution < -0.4 is 0 Å². The van der Waals surface area contributed by atoms with Crippen molar-refractivity contribution in [2.75, 3.05) is 13.2 Å². The molecule has 3 rings (SSSR count). The molecule has 1 aromatic carbocycles. The van der Waals surface area contributed by atoms with Gasteiger partial charge in [-0.25, -0.2) is 4.68 Å². The van der Waals surface area contributed by atoms with Crippen LogP contribution in [0.5, 0.6) is 0 Å². The highest BCUT2D eigenvalue weighted by molar-refractivity contribution is 5.93. The molecule has 0 atom stereocenters. The van der Waals surface area contributed by atoms with E-state index in [9.17, 15) is 4.79 Å². The van der Waals surface area contributed by atoms with Crippen molar-refractivity contribution in [2.24, 2.45) is 0 Å². The molecule has 0 spiro atoms. The van der Waals surface area contributed by atoms with Crippen molar-refractivity contribution in [1.82, 2.24) is 14.7 Å². The van der Waals surface area contributed by atoms with E-state index in [0.717, 1.165) is 37.1 Å². The van der Waals surface area contributed by atoms with E-state index in [2.05, 4.69) is 37.1 Å². The second-order valence-corrected chi connectivity index (χ2v) is 7.09. The van der Waals surface area contributed by atoms with Gasteiger partial charge in [-0.05, 0) is 75.8 Å². The van der Waals surface area contributed by atoms with Gasteiger partial charge in [-0.1, -0.05) is 6.07 Å². The van der Waals surface area contributed by atoms with E-state index in [0.29, 0.717) is 18.3 Å². The molecule has 1 heterocycles. The van der Waals surface area contributed by atoms with Gasteiger partial charge >= 0.3 is 0 Å². The number of nitrogens with zero attached hydrogens (tertiary/aromatic N) is 3. The molecule has 0 bridgehead atoms. The third kappa shape index (κ3) is 4.10. The minimum absolute atomic E-state index is 0.00617. The van der Waals surface area contributed by atoms with Gasteiger partial charge in [0.05, 0.1) is 5.69 Å². The standard InChI is InChI=1S/C20H27N3O2/c1-14-10-15(2)12-18(11-14)23-16(3)13-19(21-23)20(25)22(17-6-7-17)8-4-5-9-24/h10-13,17,24H,4-9H2,1-3H3. The van der Waals surface area contributed by atoms with Crippen molar-refractivity contribution < 1.29 is 9.90 Å². The first-order valence-corrected chi connectivity index (χ1v) is 9.07. The number of aromatic nitrogens is 2. The Hall–Kier alpha value is -2.14. The molecule has 1 saturated carbocycles. The molecule has 0 radical (unpaired) electrons. The van der Waals surface area contributed by atoms with Gasteiger partial charge < -0.3 is 10.0 Å². The largest absolute Gasteiger partial charge is 0.396 e. The molecule has 25 heavy (non-hydrogen) atoms. The number of aliphatic hydroxyl groups is 1. The van der Waals surface area contributed by atoms with Crippen LogP contribution in [0.15, 0.2) is 24.3 Å². The lowest BCUT2D eigenvalue weighted by Crippen LogP contribution is -2.34. The number of rotatable bonds is 7. The van der Waals surface area contributed by atoms with Crippen LogP contribution in [0.2, 0.25) is 0 Å². The second-order valence-electron chi connectivity index (χ2n) is 7.09. The molecular formula is C20H27N3O2. The predicted molar refractivity (Wildman–Crippen MR) is 98.2 cm³/mol. The summed E-state index contributed by atoms with van der Waals surface area (Å²) in [7, 11) is 0. The summed E-state index contributed by atoms with van der Waals surface area (Å²) < 4.78 is 1.85. The summed E-state index contributed by atoms with van der Waals surface area (Å²) in [5, 5.41) is 13.6. The molecule has 134 valence electrons. The number of carbonyl (C=O) groups is 1. The average molecular weight is 341 g/mol. The smallest absolute Gasteiger partial charge is 0.274 e. The van der Waals surface area contributed by atoms with Gasteiger partial charge in [0.2, 0.25) is 0 Å². The van der Waals surface area contributed by atoms with Crippen LogP contribution in [-0.4, -0.2) is 44.9 Å². The molecule has 1 aliphatic rings. The minimum atomic E-state index is 0.00617. The SMILES string of the molecule is Cc1cc(C)cc(-n2nc(C(=O)N(CCCCO)C3CC3)cc2C)c1. The Balaban J connectivity index is 1.84. The molecule has 1 aromatic heterocycles. The summed E-state index contributed by atoms with van der Waals surface area (Å²) >= 11 is 0. The van der Waals surface area contributed by atoms with E-state index in [1.54, 1.807) is 0 Å². The first-order valence-electron chi connectivity index (χ1n) is 9.07. The van der Waals surface area contributed by atoms with Crippen molar-refractivity contribution in [2.45, 2.75) is 52.5 Å². The van der Waals surface area contributed by atoms with Crippen LogP contribution >= 0.6 is 0 Å². The molecule has 1 aliphatic carbocycles. The van der Waals surface area contributed by atoms with Crippen LogP contribution in [0.1, 0.15) is 53.0 Å². The first kappa shape index (κ1) is 17.7. The molecule has 0 unspecified atom stereocenters. The molecule has 5 nitrogen and oxygen atoms in total. The Bertz CT molecular complexity index is 742. The lowest BCUT2D eigenvalue weighted by molar-refractivity contribution is 0.0730. The maximum atomic E-state index is 12.9. The van der Waals surface area contributed by atoms with Crippen molar-refractivity contribution in [3.05, 3.63) is 46.8 Å². The van der Waals surface area contributed by atoms with Gasteiger partial charge in [0.1, 0.15) is 0 Å². The van der Waals surface area contributed by atoms with E-state index < -0.39 is 0 Å². The zero-order valence-corrected chi connectivity index (χ0v) is 15.3. The van der Waals surface area contributed by atoms with E-state index in [-0.39, 0.29) is 12.5 Å². The third-order valence-electron chi connectivity index (χ3n) is 4.61. The number of hydrogen-bond acceptors (Lipinski definition) is 3. The highest BCUT2D eigenvalue weighted by Gasteiger charge is 2.33. The van der Waals surface area contributed by atoms with Crippen LogP contribution in [0.4, 0.5) is 0 Å². The number of unbranched alkanes of at least 4 members (excludes halogenated alkanes) is 1. The van der Waals surface area contributed by atoms with Gasteiger partial charge in [-0.3, -0.25) is 4.79 Å². The fourth-order valence-electron chi connectivity index (χ4n) is 3.29. The number of carbonyl (C=O) groups excluding carboxylic acids is 1. The van der Waals surface area contributed by atoms with E-state index >= 15 is 0 Å². The van der Waals surface area contributed by atoms with Gasteiger partial charge in [-0.2, -0.15) is 5.10 Å². The molecule has 0 saturated heterocycles. The Labute approximate surface area is 149 Å². The molecule has 1 N–H and O–H groups in total. The summed E-state index contributed by atoms with van der Waals surface area (Å²) in [6.45, 7) is 6.98. The van der Waals surface area contributed by atoms with Crippen molar-refractivity contribution in [1.29, 1.82) is 0 Å². The maximum absolute atomic E-state index is 12.9. The zero-order chi connectivity index (χ0) is 18.0. The number of hydrogen-bond donors (Lipinski definition) is 1. The monoisotopic (exact) mass is 341 g/mol. The van der Waals surface area contributed by atoms with Gasteiger partial charge in [0.25, 0.3) is 5.91 Å². The second kappa shape index (κ2) is 7.40. The van der Waals surface area contributed by atoms with Crippen LogP contribution in [0, 0.1) is 20.8 Å². The Morgan fingerprint density at radius 1 is 1.16 bits per heavy atom. The van der Waals surface area contributed by atoms with Crippen LogP contribution in [-0.2, 0) is 0 Å². The Morgan fingerprint density at radius 2 is 1.84 bits per heavy atom. The molecule has 2 aromatic rings. The normalized spacial score (nSPS) is 13.9. The van der Waals surface area contributed by atoms with Crippen molar-refractivity contribution in [3.8, 4) is 5.69 Å². The summed E-state index contributed by atoms with van der Waals surface area (Å²) in [5.74, 6) is 0.00617. The number of amides is 1. The lowest BCUT2D eigenvalue weighted by Gasteiger charge is -2.21. The summed E-state index contributed by atoms with van der Waals surface area (Å²) in [6.07, 6.45) is 3.70. The highest BCUT2D eigenvalue weighted by atomic mass is 16.3. The molecule has 1 fully saturated rings. The highest BCUT2D eigenvalue weighted by Crippen LogP contribution is 2.29.